The molecule has 5 heteroatoms. The number of rotatable bonds is 8. The van der Waals surface area contributed by atoms with Gasteiger partial charge in [0.2, 0.25) is 5.91 Å². The molecule has 15 heavy (non-hydrogen) atoms. The lowest BCUT2D eigenvalue weighted by Gasteiger charge is -2.18. The van der Waals surface area contributed by atoms with Gasteiger partial charge >= 0.3 is 0 Å². The Balaban J connectivity index is 3.82. The van der Waals surface area contributed by atoms with E-state index >= 15 is 0 Å². The van der Waals surface area contributed by atoms with Crippen LogP contribution in [-0.4, -0.2) is 38.0 Å². The second-order valence-corrected chi connectivity index (χ2v) is 3.10. The van der Waals surface area contributed by atoms with Crippen molar-refractivity contribution in [3.8, 4) is 0 Å². The zero-order valence-electron chi connectivity index (χ0n) is 9.79. The lowest BCUT2D eigenvalue weighted by atomic mass is 10.2. The number of hydrogen-bond donors (Lipinski definition) is 2. The SMILES string of the molecule is CCOC(CNC(=O)[C@H](N)CC)OCC. The van der Waals surface area contributed by atoms with Crippen molar-refractivity contribution < 1.29 is 14.3 Å². The van der Waals surface area contributed by atoms with Crippen LogP contribution >= 0.6 is 0 Å². The van der Waals surface area contributed by atoms with Gasteiger partial charge in [-0.15, -0.1) is 0 Å². The summed E-state index contributed by atoms with van der Waals surface area (Å²) in [5.41, 5.74) is 5.56. The fourth-order valence-electron chi connectivity index (χ4n) is 1.04. The molecule has 0 aromatic heterocycles. The van der Waals surface area contributed by atoms with Crippen LogP contribution in [0.2, 0.25) is 0 Å². The topological polar surface area (TPSA) is 73.6 Å². The average Bonchev–Trinajstić information content (AvgIpc) is 2.25. The van der Waals surface area contributed by atoms with Gasteiger partial charge in [-0.1, -0.05) is 6.92 Å². The predicted octanol–water partition coefficient (Wildman–Crippen LogP) is 0.239. The van der Waals surface area contributed by atoms with Crippen LogP contribution in [0.4, 0.5) is 0 Å². The van der Waals surface area contributed by atoms with E-state index in [9.17, 15) is 4.79 Å². The van der Waals surface area contributed by atoms with Gasteiger partial charge in [-0.3, -0.25) is 4.79 Å². The van der Waals surface area contributed by atoms with Crippen LogP contribution < -0.4 is 11.1 Å². The van der Waals surface area contributed by atoms with Crippen LogP contribution in [0, 0.1) is 0 Å². The highest BCUT2D eigenvalue weighted by Gasteiger charge is 2.13. The molecule has 0 bridgehead atoms. The number of carbonyl (C=O) groups is 1. The summed E-state index contributed by atoms with van der Waals surface area (Å²) in [6, 6.07) is -0.450. The molecule has 90 valence electrons. The second kappa shape index (κ2) is 8.64. The maximum atomic E-state index is 11.3. The van der Waals surface area contributed by atoms with E-state index in [1.165, 1.54) is 0 Å². The van der Waals surface area contributed by atoms with Crippen LogP contribution in [0.5, 0.6) is 0 Å². The first-order chi connectivity index (χ1) is 7.15. The minimum absolute atomic E-state index is 0.165. The van der Waals surface area contributed by atoms with Crippen molar-refractivity contribution in [3.63, 3.8) is 0 Å². The molecule has 0 aromatic rings. The quantitative estimate of drug-likeness (QED) is 0.572. The standard InChI is InChI=1S/C10H22N2O3/c1-4-8(11)10(13)12-7-9(14-5-2)15-6-3/h8-9H,4-7,11H2,1-3H3,(H,12,13)/t8-/m1/s1. The van der Waals surface area contributed by atoms with Crippen molar-refractivity contribution in [2.75, 3.05) is 19.8 Å². The van der Waals surface area contributed by atoms with Crippen molar-refractivity contribution in [1.29, 1.82) is 0 Å². The Morgan fingerprint density at radius 2 is 1.80 bits per heavy atom. The minimum Gasteiger partial charge on any atom is -0.351 e. The van der Waals surface area contributed by atoms with Gasteiger partial charge in [0.15, 0.2) is 6.29 Å². The number of carbonyl (C=O) groups excluding carboxylic acids is 1. The van der Waals surface area contributed by atoms with Crippen molar-refractivity contribution in [2.24, 2.45) is 5.73 Å². The number of nitrogens with one attached hydrogen (secondary N) is 1. The molecular weight excluding hydrogens is 196 g/mol. The monoisotopic (exact) mass is 218 g/mol. The molecule has 0 radical (unpaired) electrons. The number of nitrogens with two attached hydrogens (primary N) is 1. The second-order valence-electron chi connectivity index (χ2n) is 3.10. The van der Waals surface area contributed by atoms with Crippen molar-refractivity contribution in [2.45, 2.75) is 39.5 Å². The van der Waals surface area contributed by atoms with E-state index in [2.05, 4.69) is 5.32 Å². The summed E-state index contributed by atoms with van der Waals surface area (Å²) in [6.07, 6.45) is 0.243. The largest absolute Gasteiger partial charge is 0.351 e. The molecule has 0 saturated carbocycles. The molecule has 1 amide bonds. The van der Waals surface area contributed by atoms with Crippen LogP contribution in [0.15, 0.2) is 0 Å². The lowest BCUT2D eigenvalue weighted by molar-refractivity contribution is -0.141. The zero-order valence-corrected chi connectivity index (χ0v) is 9.79. The first-order valence-corrected chi connectivity index (χ1v) is 5.42. The Kier molecular flexibility index (Phi) is 8.27. The number of ether oxygens (including phenoxy) is 2. The normalized spacial score (nSPS) is 12.9. The predicted molar refractivity (Wildman–Crippen MR) is 58.3 cm³/mol. The van der Waals surface area contributed by atoms with Crippen LogP contribution in [0.1, 0.15) is 27.2 Å². The summed E-state index contributed by atoms with van der Waals surface area (Å²) >= 11 is 0. The summed E-state index contributed by atoms with van der Waals surface area (Å²) in [5.74, 6) is -0.165. The Hall–Kier alpha value is -0.650. The average molecular weight is 218 g/mol. The van der Waals surface area contributed by atoms with Gasteiger partial charge in [0, 0.05) is 13.2 Å². The van der Waals surface area contributed by atoms with Crippen LogP contribution in [0.25, 0.3) is 0 Å². The van der Waals surface area contributed by atoms with Gasteiger partial charge in [-0.05, 0) is 20.3 Å². The molecule has 0 aliphatic carbocycles. The lowest BCUT2D eigenvalue weighted by Crippen LogP contribution is -2.44. The molecule has 5 nitrogen and oxygen atoms in total. The maximum absolute atomic E-state index is 11.3. The van der Waals surface area contributed by atoms with Crippen molar-refractivity contribution in [3.05, 3.63) is 0 Å². The molecule has 0 aliphatic rings. The highest BCUT2D eigenvalue weighted by molar-refractivity contribution is 5.81. The van der Waals surface area contributed by atoms with Gasteiger partial charge in [0.05, 0.1) is 12.6 Å². The highest BCUT2D eigenvalue weighted by atomic mass is 16.7. The van der Waals surface area contributed by atoms with E-state index < -0.39 is 6.04 Å². The summed E-state index contributed by atoms with van der Waals surface area (Å²) in [5, 5.41) is 2.69. The molecule has 0 spiro atoms. The third-order valence-electron chi connectivity index (χ3n) is 1.92. The van der Waals surface area contributed by atoms with Crippen molar-refractivity contribution in [1.82, 2.24) is 5.32 Å². The molecule has 0 aliphatic heterocycles. The smallest absolute Gasteiger partial charge is 0.237 e. The van der Waals surface area contributed by atoms with E-state index in [-0.39, 0.29) is 12.2 Å². The Bertz CT molecular complexity index is 170. The molecule has 0 rings (SSSR count). The van der Waals surface area contributed by atoms with Gasteiger partial charge < -0.3 is 20.5 Å². The maximum Gasteiger partial charge on any atom is 0.237 e. The van der Waals surface area contributed by atoms with Crippen LogP contribution in [0.3, 0.4) is 0 Å². The molecule has 0 heterocycles. The number of amides is 1. The molecule has 0 fully saturated rings. The first kappa shape index (κ1) is 14.3. The molecule has 0 saturated heterocycles. The van der Waals surface area contributed by atoms with Gasteiger partial charge in [0.25, 0.3) is 0 Å². The summed E-state index contributed by atoms with van der Waals surface area (Å²) < 4.78 is 10.5. The summed E-state index contributed by atoms with van der Waals surface area (Å²) in [4.78, 5) is 11.3. The molecule has 0 unspecified atom stereocenters. The Labute approximate surface area is 91.3 Å². The fourth-order valence-corrected chi connectivity index (χ4v) is 1.04. The molecule has 3 N–H and O–H groups in total. The van der Waals surface area contributed by atoms with E-state index in [4.69, 9.17) is 15.2 Å². The van der Waals surface area contributed by atoms with E-state index in [0.29, 0.717) is 26.2 Å². The highest BCUT2D eigenvalue weighted by Crippen LogP contribution is 1.94. The third-order valence-corrected chi connectivity index (χ3v) is 1.92. The fraction of sp³-hybridized carbons (Fsp3) is 0.900. The minimum atomic E-state index is -0.450. The van der Waals surface area contributed by atoms with E-state index in [0.717, 1.165) is 0 Å². The van der Waals surface area contributed by atoms with Gasteiger partial charge in [0.1, 0.15) is 0 Å². The van der Waals surface area contributed by atoms with E-state index in [1.807, 2.05) is 20.8 Å². The van der Waals surface area contributed by atoms with Gasteiger partial charge in [-0.25, -0.2) is 0 Å². The third kappa shape index (κ3) is 6.43. The Morgan fingerprint density at radius 1 is 1.27 bits per heavy atom. The summed E-state index contributed by atoms with van der Waals surface area (Å²) in [7, 11) is 0. The number of hydrogen-bond acceptors (Lipinski definition) is 4. The van der Waals surface area contributed by atoms with E-state index in [1.54, 1.807) is 0 Å². The van der Waals surface area contributed by atoms with Crippen molar-refractivity contribution >= 4 is 5.91 Å². The Morgan fingerprint density at radius 3 is 2.20 bits per heavy atom. The first-order valence-electron chi connectivity index (χ1n) is 5.42. The summed E-state index contributed by atoms with van der Waals surface area (Å²) in [6.45, 7) is 7.08. The van der Waals surface area contributed by atoms with Crippen LogP contribution in [-0.2, 0) is 14.3 Å². The molecular formula is C10H22N2O3. The van der Waals surface area contributed by atoms with Gasteiger partial charge in [-0.2, -0.15) is 0 Å². The zero-order chi connectivity index (χ0) is 11.7. The molecule has 1 atom stereocenters. The molecule has 0 aromatic carbocycles.